The van der Waals surface area contributed by atoms with Crippen molar-refractivity contribution in [3.8, 4) is 11.5 Å². The van der Waals surface area contributed by atoms with Gasteiger partial charge in [0.05, 0.1) is 0 Å². The number of phenols is 2. The first kappa shape index (κ1) is 10.9. The molecular weight excluding hydrogens is 178 g/mol. The van der Waals surface area contributed by atoms with E-state index in [0.29, 0.717) is 6.54 Å². The van der Waals surface area contributed by atoms with E-state index in [1.165, 1.54) is 0 Å². The molecule has 1 aromatic carbocycles. The van der Waals surface area contributed by atoms with Crippen molar-refractivity contribution in [2.45, 2.75) is 26.7 Å². The molecule has 1 unspecified atom stereocenters. The third kappa shape index (κ3) is 1.68. The molecule has 0 saturated heterocycles. The predicted octanol–water partition coefficient (Wildman–Crippen LogP) is 1.78. The van der Waals surface area contributed by atoms with Gasteiger partial charge in [-0.15, -0.1) is 0 Å². The third-order valence-electron chi connectivity index (χ3n) is 2.77. The van der Waals surface area contributed by atoms with Crippen molar-refractivity contribution in [2.24, 2.45) is 5.73 Å². The maximum atomic E-state index is 9.48. The van der Waals surface area contributed by atoms with Crippen LogP contribution in [-0.2, 0) is 0 Å². The minimum atomic E-state index is -0.0663. The fourth-order valence-corrected chi connectivity index (χ4v) is 1.55. The number of nitrogens with two attached hydrogens (primary N) is 1. The zero-order chi connectivity index (χ0) is 10.9. The van der Waals surface area contributed by atoms with Gasteiger partial charge in [-0.05, 0) is 49.1 Å². The Morgan fingerprint density at radius 2 is 1.86 bits per heavy atom. The molecule has 0 aliphatic heterocycles. The number of hydrogen-bond acceptors (Lipinski definition) is 3. The van der Waals surface area contributed by atoms with Crippen molar-refractivity contribution in [2.75, 3.05) is 6.54 Å². The van der Waals surface area contributed by atoms with E-state index in [1.807, 2.05) is 13.8 Å². The van der Waals surface area contributed by atoms with Crippen LogP contribution in [0.4, 0.5) is 0 Å². The van der Waals surface area contributed by atoms with Crippen LogP contribution in [0, 0.1) is 13.8 Å². The van der Waals surface area contributed by atoms with Crippen molar-refractivity contribution >= 4 is 0 Å². The van der Waals surface area contributed by atoms with Gasteiger partial charge in [0.1, 0.15) is 0 Å². The first-order chi connectivity index (χ1) is 6.49. The lowest BCUT2D eigenvalue weighted by Gasteiger charge is -2.16. The van der Waals surface area contributed by atoms with Crippen molar-refractivity contribution in [1.82, 2.24) is 0 Å². The molecular formula is C11H17NO2. The highest BCUT2D eigenvalue weighted by Gasteiger charge is 2.14. The van der Waals surface area contributed by atoms with E-state index in [2.05, 4.69) is 0 Å². The molecule has 14 heavy (non-hydrogen) atoms. The van der Waals surface area contributed by atoms with Gasteiger partial charge in [-0.1, -0.05) is 6.92 Å². The van der Waals surface area contributed by atoms with Crippen LogP contribution in [0.3, 0.4) is 0 Å². The van der Waals surface area contributed by atoms with Gasteiger partial charge in [0.25, 0.3) is 0 Å². The minimum absolute atomic E-state index is 0.0320. The summed E-state index contributed by atoms with van der Waals surface area (Å²) < 4.78 is 0. The standard InChI is InChI=1S/C11H17NO2/c1-6(5-12)9-4-10(13)11(14)8(3)7(9)2/h4,6,13-14H,5,12H2,1-3H3. The zero-order valence-corrected chi connectivity index (χ0v) is 8.83. The van der Waals surface area contributed by atoms with Crippen LogP contribution >= 0.6 is 0 Å². The molecule has 3 heteroatoms. The summed E-state index contributed by atoms with van der Waals surface area (Å²) >= 11 is 0. The van der Waals surface area contributed by atoms with Crippen LogP contribution in [0.1, 0.15) is 29.5 Å². The van der Waals surface area contributed by atoms with Crippen LogP contribution in [0.2, 0.25) is 0 Å². The largest absolute Gasteiger partial charge is 0.504 e. The van der Waals surface area contributed by atoms with E-state index in [-0.39, 0.29) is 17.4 Å². The molecule has 0 amide bonds. The van der Waals surface area contributed by atoms with Gasteiger partial charge in [0.2, 0.25) is 0 Å². The summed E-state index contributed by atoms with van der Waals surface area (Å²) in [5.41, 5.74) is 8.29. The number of benzene rings is 1. The normalized spacial score (nSPS) is 12.9. The van der Waals surface area contributed by atoms with Crippen molar-refractivity contribution in [3.05, 3.63) is 22.8 Å². The molecule has 0 aliphatic carbocycles. The third-order valence-corrected chi connectivity index (χ3v) is 2.77. The Morgan fingerprint density at radius 3 is 2.36 bits per heavy atom. The smallest absolute Gasteiger partial charge is 0.160 e. The average molecular weight is 195 g/mol. The molecule has 0 spiro atoms. The van der Waals surface area contributed by atoms with Gasteiger partial charge in [-0.25, -0.2) is 0 Å². The van der Waals surface area contributed by atoms with E-state index < -0.39 is 0 Å². The Morgan fingerprint density at radius 1 is 1.29 bits per heavy atom. The highest BCUT2D eigenvalue weighted by atomic mass is 16.3. The monoisotopic (exact) mass is 195 g/mol. The van der Waals surface area contributed by atoms with Crippen molar-refractivity contribution in [3.63, 3.8) is 0 Å². The van der Waals surface area contributed by atoms with Crippen LogP contribution < -0.4 is 5.73 Å². The van der Waals surface area contributed by atoms with E-state index in [1.54, 1.807) is 13.0 Å². The quantitative estimate of drug-likeness (QED) is 0.630. The average Bonchev–Trinajstić information content (AvgIpc) is 2.19. The van der Waals surface area contributed by atoms with Gasteiger partial charge in [-0.2, -0.15) is 0 Å². The molecule has 1 rings (SSSR count). The number of phenolic OH excluding ortho intramolecular Hbond substituents is 2. The fourth-order valence-electron chi connectivity index (χ4n) is 1.55. The van der Waals surface area contributed by atoms with Crippen LogP contribution in [0.25, 0.3) is 0 Å². The second kappa shape index (κ2) is 3.88. The van der Waals surface area contributed by atoms with E-state index in [0.717, 1.165) is 16.7 Å². The fraction of sp³-hybridized carbons (Fsp3) is 0.455. The molecule has 1 atom stereocenters. The van der Waals surface area contributed by atoms with E-state index >= 15 is 0 Å². The molecule has 3 nitrogen and oxygen atoms in total. The summed E-state index contributed by atoms with van der Waals surface area (Å²) in [6, 6.07) is 1.59. The molecule has 0 radical (unpaired) electrons. The van der Waals surface area contributed by atoms with Crippen molar-refractivity contribution in [1.29, 1.82) is 0 Å². The minimum Gasteiger partial charge on any atom is -0.504 e. The van der Waals surface area contributed by atoms with Gasteiger partial charge < -0.3 is 15.9 Å². The molecule has 4 N–H and O–H groups in total. The van der Waals surface area contributed by atoms with Gasteiger partial charge in [-0.3, -0.25) is 0 Å². The first-order valence-corrected chi connectivity index (χ1v) is 4.71. The Hall–Kier alpha value is -1.22. The highest BCUT2D eigenvalue weighted by molar-refractivity contribution is 5.52. The number of hydrogen-bond donors (Lipinski definition) is 3. The lowest BCUT2D eigenvalue weighted by Crippen LogP contribution is -2.10. The molecule has 0 fully saturated rings. The van der Waals surface area contributed by atoms with Crippen LogP contribution in [0.5, 0.6) is 11.5 Å². The van der Waals surface area contributed by atoms with Crippen LogP contribution in [-0.4, -0.2) is 16.8 Å². The zero-order valence-electron chi connectivity index (χ0n) is 8.83. The summed E-state index contributed by atoms with van der Waals surface area (Å²) in [4.78, 5) is 0. The molecule has 0 heterocycles. The lowest BCUT2D eigenvalue weighted by atomic mass is 9.92. The molecule has 78 valence electrons. The Kier molecular flexibility index (Phi) is 3.01. The van der Waals surface area contributed by atoms with E-state index in [9.17, 15) is 10.2 Å². The van der Waals surface area contributed by atoms with Gasteiger partial charge >= 0.3 is 0 Å². The maximum absolute atomic E-state index is 9.48. The summed E-state index contributed by atoms with van der Waals surface area (Å²) in [5, 5.41) is 18.9. The predicted molar refractivity (Wildman–Crippen MR) is 56.7 cm³/mol. The molecule has 0 aromatic heterocycles. The van der Waals surface area contributed by atoms with E-state index in [4.69, 9.17) is 5.73 Å². The molecule has 1 aromatic rings. The lowest BCUT2D eigenvalue weighted by molar-refractivity contribution is 0.399. The van der Waals surface area contributed by atoms with Crippen LogP contribution in [0.15, 0.2) is 6.07 Å². The summed E-state index contributed by atoms with van der Waals surface area (Å²) in [6.07, 6.45) is 0. The topological polar surface area (TPSA) is 66.5 Å². The number of aromatic hydroxyl groups is 2. The molecule has 0 aliphatic rings. The first-order valence-electron chi connectivity index (χ1n) is 4.71. The second-order valence-electron chi connectivity index (χ2n) is 3.72. The van der Waals surface area contributed by atoms with Gasteiger partial charge in [0.15, 0.2) is 11.5 Å². The molecule has 0 bridgehead atoms. The molecule has 0 saturated carbocycles. The maximum Gasteiger partial charge on any atom is 0.160 e. The summed E-state index contributed by atoms with van der Waals surface area (Å²) in [7, 11) is 0. The summed E-state index contributed by atoms with van der Waals surface area (Å²) in [5.74, 6) is 0.0964. The highest BCUT2D eigenvalue weighted by Crippen LogP contribution is 2.35. The SMILES string of the molecule is Cc1c(C(C)CN)cc(O)c(O)c1C. The van der Waals surface area contributed by atoms with Gasteiger partial charge in [0, 0.05) is 0 Å². The Balaban J connectivity index is 3.33. The second-order valence-corrected chi connectivity index (χ2v) is 3.72. The van der Waals surface area contributed by atoms with Crippen molar-refractivity contribution < 1.29 is 10.2 Å². The summed E-state index contributed by atoms with van der Waals surface area (Å²) in [6.45, 7) is 6.25. The Bertz CT molecular complexity index is 348. The Labute approximate surface area is 84.2 Å². The number of rotatable bonds is 2.